The van der Waals surface area contributed by atoms with Gasteiger partial charge in [0.25, 0.3) is 5.91 Å². The van der Waals surface area contributed by atoms with Gasteiger partial charge in [0.05, 0.1) is 11.9 Å². The zero-order valence-electron chi connectivity index (χ0n) is 10.5. The first-order chi connectivity index (χ1) is 9.33. The van der Waals surface area contributed by atoms with E-state index in [9.17, 15) is 4.79 Å². The van der Waals surface area contributed by atoms with E-state index in [2.05, 4.69) is 15.6 Å². The molecule has 1 aromatic carbocycles. The summed E-state index contributed by atoms with van der Waals surface area (Å²) in [7, 11) is 0. The van der Waals surface area contributed by atoms with E-state index in [4.69, 9.17) is 0 Å². The van der Waals surface area contributed by atoms with E-state index >= 15 is 0 Å². The van der Waals surface area contributed by atoms with Gasteiger partial charge >= 0.3 is 0 Å². The van der Waals surface area contributed by atoms with Gasteiger partial charge in [-0.15, -0.1) is 0 Å². The van der Waals surface area contributed by atoms with E-state index in [-0.39, 0.29) is 5.91 Å². The Hall–Kier alpha value is -2.20. The molecule has 2 heterocycles. The lowest BCUT2D eigenvalue weighted by molar-refractivity contribution is 0.102. The van der Waals surface area contributed by atoms with Gasteiger partial charge in [0.2, 0.25) is 0 Å². The number of carbonyl (C=O) groups is 1. The molecule has 0 saturated heterocycles. The molecule has 0 unspecified atom stereocenters. The van der Waals surface area contributed by atoms with Crippen LogP contribution in [-0.4, -0.2) is 17.4 Å². The number of benzene rings is 1. The molecule has 0 bridgehead atoms. The van der Waals surface area contributed by atoms with Crippen LogP contribution in [0.25, 0.3) is 0 Å². The highest BCUT2D eigenvalue weighted by molar-refractivity contribution is 6.04. The second kappa shape index (κ2) is 5.20. The number of anilines is 1. The SMILES string of the molecule is O=C(Nc1cccnc1)c1ccc2c(c1)CNCC2. The molecule has 4 nitrogen and oxygen atoms in total. The van der Waals surface area contributed by atoms with Gasteiger partial charge in [0.15, 0.2) is 0 Å². The molecule has 1 aliphatic heterocycles. The number of rotatable bonds is 2. The van der Waals surface area contributed by atoms with E-state index in [0.717, 1.165) is 19.5 Å². The van der Waals surface area contributed by atoms with Gasteiger partial charge < -0.3 is 10.6 Å². The van der Waals surface area contributed by atoms with Crippen molar-refractivity contribution in [3.63, 3.8) is 0 Å². The third-order valence-electron chi connectivity index (χ3n) is 3.27. The maximum Gasteiger partial charge on any atom is 0.255 e. The van der Waals surface area contributed by atoms with E-state index in [0.29, 0.717) is 11.3 Å². The fraction of sp³-hybridized carbons (Fsp3) is 0.200. The molecular formula is C15H15N3O. The van der Waals surface area contributed by atoms with E-state index < -0.39 is 0 Å². The third-order valence-corrected chi connectivity index (χ3v) is 3.27. The predicted octanol–water partition coefficient (Wildman–Crippen LogP) is 1.98. The fourth-order valence-corrected chi connectivity index (χ4v) is 2.26. The van der Waals surface area contributed by atoms with Gasteiger partial charge in [-0.2, -0.15) is 0 Å². The Morgan fingerprint density at radius 2 is 2.21 bits per heavy atom. The lowest BCUT2D eigenvalue weighted by Gasteiger charge is -2.17. The van der Waals surface area contributed by atoms with E-state index in [1.54, 1.807) is 18.5 Å². The van der Waals surface area contributed by atoms with E-state index in [1.807, 2.05) is 24.3 Å². The van der Waals surface area contributed by atoms with Crippen LogP contribution >= 0.6 is 0 Å². The molecule has 1 aromatic heterocycles. The zero-order chi connectivity index (χ0) is 13.1. The van der Waals surface area contributed by atoms with Crippen molar-refractivity contribution in [2.24, 2.45) is 0 Å². The highest BCUT2D eigenvalue weighted by Gasteiger charge is 2.12. The van der Waals surface area contributed by atoms with Gasteiger partial charge in [-0.1, -0.05) is 6.07 Å². The third kappa shape index (κ3) is 2.63. The van der Waals surface area contributed by atoms with Crippen molar-refractivity contribution in [1.29, 1.82) is 0 Å². The Bertz CT molecular complexity index is 596. The average Bonchev–Trinajstić information content (AvgIpc) is 2.48. The summed E-state index contributed by atoms with van der Waals surface area (Å²) in [6.07, 6.45) is 4.35. The highest BCUT2D eigenvalue weighted by Crippen LogP contribution is 2.17. The largest absolute Gasteiger partial charge is 0.321 e. The van der Waals surface area contributed by atoms with Crippen LogP contribution in [0.2, 0.25) is 0 Å². The normalized spacial score (nSPS) is 13.7. The lowest BCUT2D eigenvalue weighted by atomic mass is 9.98. The molecule has 0 radical (unpaired) electrons. The van der Waals surface area contributed by atoms with Crippen molar-refractivity contribution >= 4 is 11.6 Å². The first-order valence-electron chi connectivity index (χ1n) is 6.37. The van der Waals surface area contributed by atoms with Crippen LogP contribution in [-0.2, 0) is 13.0 Å². The summed E-state index contributed by atoms with van der Waals surface area (Å²) in [5, 5.41) is 6.16. The first kappa shape index (κ1) is 11.9. The number of nitrogens with one attached hydrogen (secondary N) is 2. The number of nitrogens with zero attached hydrogens (tertiary/aromatic N) is 1. The Morgan fingerprint density at radius 3 is 3.05 bits per heavy atom. The monoisotopic (exact) mass is 253 g/mol. The molecule has 96 valence electrons. The lowest BCUT2D eigenvalue weighted by Crippen LogP contribution is -2.24. The molecular weight excluding hydrogens is 238 g/mol. The van der Waals surface area contributed by atoms with Gasteiger partial charge in [0.1, 0.15) is 0 Å². The quantitative estimate of drug-likeness (QED) is 0.860. The number of fused-ring (bicyclic) bond motifs is 1. The second-order valence-electron chi connectivity index (χ2n) is 4.61. The molecule has 19 heavy (non-hydrogen) atoms. The van der Waals surface area contributed by atoms with Crippen LogP contribution in [0.1, 0.15) is 21.5 Å². The molecule has 1 amide bonds. The standard InChI is InChI=1S/C15H15N3O/c19-15(18-14-2-1-6-16-10-14)12-4-3-11-5-7-17-9-13(11)8-12/h1-4,6,8,10,17H,5,7,9H2,(H,18,19). The summed E-state index contributed by atoms with van der Waals surface area (Å²) < 4.78 is 0. The molecule has 0 atom stereocenters. The number of pyridine rings is 1. The fourth-order valence-electron chi connectivity index (χ4n) is 2.26. The minimum Gasteiger partial charge on any atom is -0.321 e. The molecule has 2 aromatic rings. The summed E-state index contributed by atoms with van der Waals surface area (Å²) in [5.41, 5.74) is 3.94. The summed E-state index contributed by atoms with van der Waals surface area (Å²) in [4.78, 5) is 16.1. The number of hydrogen-bond donors (Lipinski definition) is 2. The van der Waals surface area contributed by atoms with Crippen LogP contribution in [0.5, 0.6) is 0 Å². The second-order valence-corrected chi connectivity index (χ2v) is 4.61. The summed E-state index contributed by atoms with van der Waals surface area (Å²) in [6.45, 7) is 1.84. The van der Waals surface area contributed by atoms with Crippen molar-refractivity contribution < 1.29 is 4.79 Å². The molecule has 0 spiro atoms. The Labute approximate surface area is 111 Å². The molecule has 2 N–H and O–H groups in total. The molecule has 1 aliphatic rings. The number of amides is 1. The van der Waals surface area contributed by atoms with Crippen molar-refractivity contribution in [3.05, 3.63) is 59.4 Å². The van der Waals surface area contributed by atoms with Crippen LogP contribution < -0.4 is 10.6 Å². The van der Waals surface area contributed by atoms with Crippen molar-refractivity contribution in [2.75, 3.05) is 11.9 Å². The average molecular weight is 253 g/mol. The minimum absolute atomic E-state index is 0.0960. The van der Waals surface area contributed by atoms with Crippen molar-refractivity contribution in [3.8, 4) is 0 Å². The topological polar surface area (TPSA) is 54.0 Å². The number of aromatic nitrogens is 1. The summed E-state index contributed by atoms with van der Waals surface area (Å²) in [6, 6.07) is 9.52. The van der Waals surface area contributed by atoms with Crippen molar-refractivity contribution in [1.82, 2.24) is 10.3 Å². The number of hydrogen-bond acceptors (Lipinski definition) is 3. The number of carbonyl (C=O) groups excluding carboxylic acids is 1. The molecule has 3 rings (SSSR count). The maximum absolute atomic E-state index is 12.1. The van der Waals surface area contributed by atoms with Gasteiger partial charge in [0, 0.05) is 18.3 Å². The smallest absolute Gasteiger partial charge is 0.255 e. The molecule has 0 aliphatic carbocycles. The van der Waals surface area contributed by atoms with Gasteiger partial charge in [-0.25, -0.2) is 0 Å². The first-order valence-corrected chi connectivity index (χ1v) is 6.37. The Kier molecular flexibility index (Phi) is 3.25. The Morgan fingerprint density at radius 1 is 1.26 bits per heavy atom. The van der Waals surface area contributed by atoms with Gasteiger partial charge in [-0.3, -0.25) is 9.78 Å². The molecule has 0 saturated carbocycles. The van der Waals surface area contributed by atoms with E-state index in [1.165, 1.54) is 11.1 Å². The maximum atomic E-state index is 12.1. The van der Waals surface area contributed by atoms with Gasteiger partial charge in [-0.05, 0) is 48.4 Å². The molecule has 0 fully saturated rings. The summed E-state index contributed by atoms with van der Waals surface area (Å²) >= 11 is 0. The van der Waals surface area contributed by atoms with Crippen LogP contribution in [0.4, 0.5) is 5.69 Å². The van der Waals surface area contributed by atoms with Crippen LogP contribution in [0.3, 0.4) is 0 Å². The zero-order valence-corrected chi connectivity index (χ0v) is 10.5. The van der Waals surface area contributed by atoms with Crippen LogP contribution in [0, 0.1) is 0 Å². The predicted molar refractivity (Wildman–Crippen MR) is 74.0 cm³/mol. The van der Waals surface area contributed by atoms with Crippen LogP contribution in [0.15, 0.2) is 42.7 Å². The summed E-state index contributed by atoms with van der Waals surface area (Å²) in [5.74, 6) is -0.0960. The highest BCUT2D eigenvalue weighted by atomic mass is 16.1. The Balaban J connectivity index is 1.80. The minimum atomic E-state index is -0.0960. The molecule has 4 heteroatoms. The van der Waals surface area contributed by atoms with Crippen molar-refractivity contribution in [2.45, 2.75) is 13.0 Å².